The smallest absolute Gasteiger partial charge is 0.254 e. The molecule has 0 N–H and O–H groups in total. The monoisotopic (exact) mass is 437 g/mol. The zero-order chi connectivity index (χ0) is 22.0. The predicted octanol–water partition coefficient (Wildman–Crippen LogP) is 3.90. The van der Waals surface area contributed by atoms with Crippen molar-refractivity contribution >= 4 is 26.8 Å². The summed E-state index contributed by atoms with van der Waals surface area (Å²) < 4.78 is 27.6. The molecular formula is C24H27N3O3S. The van der Waals surface area contributed by atoms with Crippen LogP contribution in [-0.2, 0) is 10.0 Å². The SMILES string of the molecule is CCC(C)c1ccc(S(=O)(=O)N2CCN(C(=O)c3cccc4ncccc34)CC2)cc1. The third kappa shape index (κ3) is 4.20. The summed E-state index contributed by atoms with van der Waals surface area (Å²) in [6.07, 6.45) is 2.71. The van der Waals surface area contributed by atoms with Crippen molar-refractivity contribution in [3.05, 3.63) is 71.9 Å². The lowest BCUT2D eigenvalue weighted by atomic mass is 9.99. The average Bonchev–Trinajstić information content (AvgIpc) is 2.83. The fraction of sp³-hybridized carbons (Fsp3) is 0.333. The van der Waals surface area contributed by atoms with Gasteiger partial charge in [-0.05, 0) is 48.2 Å². The standard InChI is InChI=1S/C24H27N3O3S/c1-3-18(2)19-9-11-20(12-10-19)31(29,30)27-16-14-26(15-17-27)24(28)22-6-4-8-23-21(22)7-5-13-25-23/h4-13,18H,3,14-17H2,1-2H3. The number of nitrogens with zero attached hydrogens (tertiary/aromatic N) is 3. The minimum atomic E-state index is -3.57. The van der Waals surface area contributed by atoms with Crippen molar-refractivity contribution in [3.8, 4) is 0 Å². The van der Waals surface area contributed by atoms with Crippen LogP contribution in [0, 0.1) is 0 Å². The van der Waals surface area contributed by atoms with E-state index in [1.807, 2.05) is 36.4 Å². The van der Waals surface area contributed by atoms with E-state index in [1.165, 1.54) is 4.31 Å². The molecule has 1 aromatic heterocycles. The quantitative estimate of drug-likeness (QED) is 0.607. The topological polar surface area (TPSA) is 70.6 Å². The molecule has 1 amide bonds. The highest BCUT2D eigenvalue weighted by atomic mass is 32.2. The molecule has 1 unspecified atom stereocenters. The van der Waals surface area contributed by atoms with Crippen LogP contribution in [-0.4, -0.2) is 54.7 Å². The van der Waals surface area contributed by atoms with Crippen molar-refractivity contribution in [2.24, 2.45) is 0 Å². The number of piperazine rings is 1. The van der Waals surface area contributed by atoms with Gasteiger partial charge in [0.05, 0.1) is 10.4 Å². The summed E-state index contributed by atoms with van der Waals surface area (Å²) in [5.74, 6) is 0.309. The Kier molecular flexibility index (Phi) is 6.07. The first-order chi connectivity index (χ1) is 14.9. The number of carbonyl (C=O) groups excluding carboxylic acids is 1. The van der Waals surface area contributed by atoms with Crippen LogP contribution >= 0.6 is 0 Å². The number of rotatable bonds is 5. The Morgan fingerprint density at radius 3 is 2.39 bits per heavy atom. The lowest BCUT2D eigenvalue weighted by Crippen LogP contribution is -2.50. The van der Waals surface area contributed by atoms with Gasteiger partial charge in [0, 0.05) is 43.3 Å². The molecule has 1 fully saturated rings. The molecule has 0 saturated carbocycles. The predicted molar refractivity (Wildman–Crippen MR) is 122 cm³/mol. The van der Waals surface area contributed by atoms with Crippen LogP contribution < -0.4 is 0 Å². The summed E-state index contributed by atoms with van der Waals surface area (Å²) in [7, 11) is -3.57. The molecule has 2 heterocycles. The van der Waals surface area contributed by atoms with E-state index in [-0.39, 0.29) is 19.0 Å². The van der Waals surface area contributed by atoms with Gasteiger partial charge in [0.15, 0.2) is 0 Å². The van der Waals surface area contributed by atoms with Crippen molar-refractivity contribution in [2.75, 3.05) is 26.2 Å². The normalized spacial score (nSPS) is 16.4. The van der Waals surface area contributed by atoms with E-state index >= 15 is 0 Å². The Morgan fingerprint density at radius 2 is 1.71 bits per heavy atom. The third-order valence-corrected chi connectivity index (χ3v) is 8.01. The zero-order valence-corrected chi connectivity index (χ0v) is 18.7. The van der Waals surface area contributed by atoms with Crippen LogP contribution in [0.1, 0.15) is 42.1 Å². The molecule has 4 rings (SSSR count). The van der Waals surface area contributed by atoms with E-state index in [1.54, 1.807) is 29.3 Å². The van der Waals surface area contributed by atoms with Gasteiger partial charge in [0.25, 0.3) is 5.91 Å². The van der Waals surface area contributed by atoms with Gasteiger partial charge in [-0.25, -0.2) is 8.42 Å². The first kappa shape index (κ1) is 21.5. The van der Waals surface area contributed by atoms with Crippen LogP contribution in [0.5, 0.6) is 0 Å². The number of carbonyl (C=O) groups is 1. The van der Waals surface area contributed by atoms with Gasteiger partial charge < -0.3 is 4.90 Å². The number of aromatic nitrogens is 1. The number of pyridine rings is 1. The number of hydrogen-bond acceptors (Lipinski definition) is 4. The summed E-state index contributed by atoms with van der Waals surface area (Å²) in [5.41, 5.74) is 2.51. The van der Waals surface area contributed by atoms with Crippen LogP contribution in [0.4, 0.5) is 0 Å². The molecule has 0 bridgehead atoms. The maximum Gasteiger partial charge on any atom is 0.254 e. The van der Waals surface area contributed by atoms with Crippen LogP contribution in [0.15, 0.2) is 65.7 Å². The Morgan fingerprint density at radius 1 is 1.00 bits per heavy atom. The highest BCUT2D eigenvalue weighted by molar-refractivity contribution is 7.89. The largest absolute Gasteiger partial charge is 0.336 e. The Bertz CT molecular complexity index is 1180. The van der Waals surface area contributed by atoms with Gasteiger partial charge in [0.2, 0.25) is 10.0 Å². The molecule has 1 saturated heterocycles. The lowest BCUT2D eigenvalue weighted by molar-refractivity contribution is 0.0700. The minimum Gasteiger partial charge on any atom is -0.336 e. The molecule has 2 aromatic carbocycles. The second-order valence-corrected chi connectivity index (χ2v) is 9.89. The third-order valence-electron chi connectivity index (χ3n) is 6.10. The molecule has 0 radical (unpaired) electrons. The van der Waals surface area contributed by atoms with Crippen molar-refractivity contribution in [1.82, 2.24) is 14.2 Å². The first-order valence-corrected chi connectivity index (χ1v) is 12.1. The van der Waals surface area contributed by atoms with Crippen LogP contribution in [0.2, 0.25) is 0 Å². The van der Waals surface area contributed by atoms with Gasteiger partial charge in [0.1, 0.15) is 0 Å². The second-order valence-electron chi connectivity index (χ2n) is 7.95. The average molecular weight is 438 g/mol. The van der Waals surface area contributed by atoms with Gasteiger partial charge in [-0.2, -0.15) is 4.31 Å². The number of sulfonamides is 1. The van der Waals surface area contributed by atoms with Gasteiger partial charge in [-0.3, -0.25) is 9.78 Å². The van der Waals surface area contributed by atoms with E-state index in [2.05, 4.69) is 18.8 Å². The molecule has 1 aliphatic rings. The molecule has 162 valence electrons. The maximum absolute atomic E-state index is 13.1. The van der Waals surface area contributed by atoms with Crippen molar-refractivity contribution in [2.45, 2.75) is 31.1 Å². The van der Waals surface area contributed by atoms with Crippen LogP contribution in [0.25, 0.3) is 10.9 Å². The van der Waals surface area contributed by atoms with E-state index in [0.29, 0.717) is 29.5 Å². The molecule has 3 aromatic rings. The Labute approximate surface area is 183 Å². The molecule has 0 spiro atoms. The molecule has 6 nitrogen and oxygen atoms in total. The maximum atomic E-state index is 13.1. The van der Waals surface area contributed by atoms with E-state index in [9.17, 15) is 13.2 Å². The number of benzene rings is 2. The molecule has 31 heavy (non-hydrogen) atoms. The van der Waals surface area contributed by atoms with E-state index in [0.717, 1.165) is 22.9 Å². The highest BCUT2D eigenvalue weighted by Crippen LogP contribution is 2.24. The summed E-state index contributed by atoms with van der Waals surface area (Å²) >= 11 is 0. The fourth-order valence-corrected chi connectivity index (χ4v) is 5.37. The van der Waals surface area contributed by atoms with Crippen molar-refractivity contribution in [3.63, 3.8) is 0 Å². The molecule has 1 atom stereocenters. The summed E-state index contributed by atoms with van der Waals surface area (Å²) in [6.45, 7) is 5.53. The Balaban J connectivity index is 1.47. The summed E-state index contributed by atoms with van der Waals surface area (Å²) in [5, 5.41) is 0.812. The zero-order valence-electron chi connectivity index (χ0n) is 17.9. The number of fused-ring (bicyclic) bond motifs is 1. The van der Waals surface area contributed by atoms with Gasteiger partial charge >= 0.3 is 0 Å². The first-order valence-electron chi connectivity index (χ1n) is 10.6. The van der Waals surface area contributed by atoms with Gasteiger partial charge in [-0.15, -0.1) is 0 Å². The van der Waals surface area contributed by atoms with Crippen molar-refractivity contribution < 1.29 is 13.2 Å². The summed E-state index contributed by atoms with van der Waals surface area (Å²) in [4.78, 5) is 19.4. The minimum absolute atomic E-state index is 0.0893. The highest BCUT2D eigenvalue weighted by Gasteiger charge is 2.31. The van der Waals surface area contributed by atoms with Gasteiger partial charge in [-0.1, -0.05) is 38.1 Å². The summed E-state index contributed by atoms with van der Waals surface area (Å²) in [6, 6.07) is 16.4. The number of hydrogen-bond donors (Lipinski definition) is 0. The molecule has 0 aliphatic carbocycles. The van der Waals surface area contributed by atoms with E-state index in [4.69, 9.17) is 0 Å². The second kappa shape index (κ2) is 8.77. The molecular weight excluding hydrogens is 410 g/mol. The number of amides is 1. The molecule has 1 aliphatic heterocycles. The Hall–Kier alpha value is -2.77. The fourth-order valence-electron chi connectivity index (χ4n) is 3.94. The molecule has 7 heteroatoms. The van der Waals surface area contributed by atoms with Crippen LogP contribution in [0.3, 0.4) is 0 Å². The lowest BCUT2D eigenvalue weighted by Gasteiger charge is -2.34. The van der Waals surface area contributed by atoms with Crippen molar-refractivity contribution in [1.29, 1.82) is 0 Å². The van der Waals surface area contributed by atoms with E-state index < -0.39 is 10.0 Å².